The number of oxime groups is 1. The van der Waals surface area contributed by atoms with Crippen LogP contribution in [0.2, 0.25) is 0 Å². The highest BCUT2D eigenvalue weighted by Crippen LogP contribution is 1.85. The molecule has 0 radical (unpaired) electrons. The minimum Gasteiger partial charge on any atom is -0.388 e. The molecule has 0 aromatic rings. The van der Waals surface area contributed by atoms with Crippen LogP contribution < -0.4 is 0 Å². The Morgan fingerprint density at radius 1 is 1.70 bits per heavy atom. The molecular formula is C7H13NO2. The Kier molecular flexibility index (Phi) is 4.54. The maximum Gasteiger partial charge on any atom is 0.174 e. The predicted octanol–water partition coefficient (Wildman–Crippen LogP) is 1.23. The van der Waals surface area contributed by atoms with Crippen molar-refractivity contribution in [2.45, 2.75) is 20.8 Å². The highest BCUT2D eigenvalue weighted by Gasteiger charge is 1.89. The molecule has 0 N–H and O–H groups in total. The summed E-state index contributed by atoms with van der Waals surface area (Å²) in [6.45, 7) is 5.51. The molecule has 0 aliphatic carbocycles. The molecule has 3 heteroatoms. The van der Waals surface area contributed by atoms with E-state index in [9.17, 15) is 4.79 Å². The fourth-order valence-corrected chi connectivity index (χ4v) is 0.293. The summed E-state index contributed by atoms with van der Waals surface area (Å²) in [5, 5.41) is 3.57. The van der Waals surface area contributed by atoms with Crippen molar-refractivity contribution in [2.75, 3.05) is 6.61 Å². The van der Waals surface area contributed by atoms with Gasteiger partial charge in [0.2, 0.25) is 0 Å². The van der Waals surface area contributed by atoms with Crippen LogP contribution in [0, 0.1) is 5.92 Å². The smallest absolute Gasteiger partial charge is 0.174 e. The van der Waals surface area contributed by atoms with Gasteiger partial charge in [-0.1, -0.05) is 19.0 Å². The zero-order valence-corrected chi connectivity index (χ0v) is 6.63. The number of hydrogen-bond donors (Lipinski definition) is 0. The van der Waals surface area contributed by atoms with E-state index in [-0.39, 0.29) is 12.4 Å². The largest absolute Gasteiger partial charge is 0.388 e. The van der Waals surface area contributed by atoms with Crippen LogP contribution in [0.1, 0.15) is 20.8 Å². The average molecular weight is 143 g/mol. The third-order valence-corrected chi connectivity index (χ3v) is 0.701. The Morgan fingerprint density at radius 3 is 2.70 bits per heavy atom. The quantitative estimate of drug-likeness (QED) is 0.438. The van der Waals surface area contributed by atoms with E-state index in [1.54, 1.807) is 6.21 Å². The second kappa shape index (κ2) is 4.97. The van der Waals surface area contributed by atoms with Gasteiger partial charge in [0.05, 0.1) is 0 Å². The van der Waals surface area contributed by atoms with Gasteiger partial charge < -0.3 is 4.84 Å². The molecule has 0 spiro atoms. The second-order valence-electron chi connectivity index (χ2n) is 2.47. The lowest BCUT2D eigenvalue weighted by Gasteiger charge is -1.94. The van der Waals surface area contributed by atoms with Crippen molar-refractivity contribution in [1.82, 2.24) is 0 Å². The number of carbonyl (C=O) groups is 1. The van der Waals surface area contributed by atoms with Crippen LogP contribution in [0.25, 0.3) is 0 Å². The van der Waals surface area contributed by atoms with Crippen LogP contribution in [0.15, 0.2) is 5.16 Å². The van der Waals surface area contributed by atoms with E-state index >= 15 is 0 Å². The molecule has 0 aromatic carbocycles. The first-order valence-corrected chi connectivity index (χ1v) is 3.28. The van der Waals surface area contributed by atoms with Crippen LogP contribution in [0.5, 0.6) is 0 Å². The van der Waals surface area contributed by atoms with Gasteiger partial charge in [0.25, 0.3) is 0 Å². The van der Waals surface area contributed by atoms with Crippen molar-refractivity contribution in [3.63, 3.8) is 0 Å². The lowest BCUT2D eigenvalue weighted by Crippen LogP contribution is -2.00. The Labute approximate surface area is 61.1 Å². The number of ketones is 1. The van der Waals surface area contributed by atoms with Crippen molar-refractivity contribution in [3.8, 4) is 0 Å². The summed E-state index contributed by atoms with van der Waals surface area (Å²) in [5.74, 6) is 0.355. The fourth-order valence-electron chi connectivity index (χ4n) is 0.293. The molecule has 10 heavy (non-hydrogen) atoms. The van der Waals surface area contributed by atoms with Crippen LogP contribution >= 0.6 is 0 Å². The molecular weight excluding hydrogens is 130 g/mol. The van der Waals surface area contributed by atoms with Crippen LogP contribution in [0.3, 0.4) is 0 Å². The first kappa shape index (κ1) is 9.14. The molecule has 0 aromatic heterocycles. The fraction of sp³-hybridized carbons (Fsp3) is 0.714. The molecule has 0 bridgehead atoms. The topological polar surface area (TPSA) is 38.7 Å². The molecule has 0 fully saturated rings. The van der Waals surface area contributed by atoms with Crippen LogP contribution in [0.4, 0.5) is 0 Å². The van der Waals surface area contributed by atoms with E-state index in [0.29, 0.717) is 5.92 Å². The number of rotatable bonds is 4. The summed E-state index contributed by atoms with van der Waals surface area (Å²) >= 11 is 0. The minimum atomic E-state index is -0.0130. The summed E-state index contributed by atoms with van der Waals surface area (Å²) in [6, 6.07) is 0. The number of Topliss-reactive ketones (excluding diaryl/α,β-unsaturated/α-hetero) is 1. The SMILES string of the molecule is CC(=O)CON=CC(C)C. The van der Waals surface area contributed by atoms with Gasteiger partial charge in [0.1, 0.15) is 0 Å². The number of hydrogen-bond acceptors (Lipinski definition) is 3. The molecule has 0 unspecified atom stereocenters. The van der Waals surface area contributed by atoms with E-state index in [1.807, 2.05) is 13.8 Å². The third-order valence-electron chi connectivity index (χ3n) is 0.701. The lowest BCUT2D eigenvalue weighted by atomic mass is 10.3. The van der Waals surface area contributed by atoms with E-state index in [0.717, 1.165) is 0 Å². The highest BCUT2D eigenvalue weighted by molar-refractivity contribution is 5.76. The second-order valence-corrected chi connectivity index (χ2v) is 2.47. The van der Waals surface area contributed by atoms with Gasteiger partial charge in [0, 0.05) is 6.21 Å². The van der Waals surface area contributed by atoms with E-state index < -0.39 is 0 Å². The molecule has 0 rings (SSSR count). The number of carbonyl (C=O) groups excluding carboxylic acids is 1. The zero-order valence-electron chi connectivity index (χ0n) is 6.63. The maximum atomic E-state index is 10.3. The Hall–Kier alpha value is -0.860. The Morgan fingerprint density at radius 2 is 2.30 bits per heavy atom. The summed E-state index contributed by atoms with van der Waals surface area (Å²) in [4.78, 5) is 14.9. The van der Waals surface area contributed by atoms with E-state index in [2.05, 4.69) is 9.99 Å². The molecule has 0 amide bonds. The van der Waals surface area contributed by atoms with Crippen molar-refractivity contribution in [1.29, 1.82) is 0 Å². The van der Waals surface area contributed by atoms with Crippen molar-refractivity contribution >= 4 is 12.0 Å². The summed E-state index contributed by atoms with van der Waals surface area (Å²) in [5.41, 5.74) is 0. The monoisotopic (exact) mass is 143 g/mol. The molecule has 58 valence electrons. The van der Waals surface area contributed by atoms with Crippen LogP contribution in [-0.2, 0) is 9.63 Å². The molecule has 0 saturated carbocycles. The molecule has 0 heterocycles. The van der Waals surface area contributed by atoms with Gasteiger partial charge >= 0.3 is 0 Å². The molecule has 0 atom stereocenters. The third kappa shape index (κ3) is 7.14. The Bertz CT molecular complexity index is 130. The Balaban J connectivity index is 3.27. The van der Waals surface area contributed by atoms with Gasteiger partial charge in [0.15, 0.2) is 12.4 Å². The summed E-state index contributed by atoms with van der Waals surface area (Å²) in [6.07, 6.45) is 1.66. The van der Waals surface area contributed by atoms with Gasteiger partial charge in [-0.3, -0.25) is 4.79 Å². The van der Waals surface area contributed by atoms with Gasteiger partial charge in [-0.25, -0.2) is 0 Å². The van der Waals surface area contributed by atoms with Crippen molar-refractivity contribution in [3.05, 3.63) is 0 Å². The lowest BCUT2D eigenvalue weighted by molar-refractivity contribution is -0.121. The maximum absolute atomic E-state index is 10.3. The summed E-state index contributed by atoms with van der Waals surface area (Å²) in [7, 11) is 0. The van der Waals surface area contributed by atoms with E-state index in [4.69, 9.17) is 0 Å². The normalized spacial score (nSPS) is 10.8. The minimum absolute atomic E-state index is 0.0130. The first-order valence-electron chi connectivity index (χ1n) is 3.28. The molecule has 0 aliphatic rings. The molecule has 0 aliphatic heterocycles. The molecule has 3 nitrogen and oxygen atoms in total. The van der Waals surface area contributed by atoms with Gasteiger partial charge in [-0.15, -0.1) is 0 Å². The average Bonchev–Trinajstić information content (AvgIpc) is 1.79. The van der Waals surface area contributed by atoms with Crippen molar-refractivity contribution in [2.24, 2.45) is 11.1 Å². The van der Waals surface area contributed by atoms with Crippen LogP contribution in [-0.4, -0.2) is 18.6 Å². The van der Waals surface area contributed by atoms with E-state index in [1.165, 1.54) is 6.92 Å². The number of nitrogens with zero attached hydrogens (tertiary/aromatic N) is 1. The van der Waals surface area contributed by atoms with Gasteiger partial charge in [-0.05, 0) is 12.8 Å². The van der Waals surface area contributed by atoms with Gasteiger partial charge in [-0.2, -0.15) is 0 Å². The predicted molar refractivity (Wildman–Crippen MR) is 40.0 cm³/mol. The first-order chi connectivity index (χ1) is 4.63. The zero-order chi connectivity index (χ0) is 7.98. The molecule has 0 saturated heterocycles. The highest BCUT2D eigenvalue weighted by atomic mass is 16.6. The summed E-state index contributed by atoms with van der Waals surface area (Å²) < 4.78 is 0. The van der Waals surface area contributed by atoms with Crippen molar-refractivity contribution < 1.29 is 9.63 Å². The standard InChI is InChI=1S/C7H13NO2/c1-6(2)4-8-10-5-7(3)9/h4,6H,5H2,1-3H3.